The van der Waals surface area contributed by atoms with Gasteiger partial charge in [-0.25, -0.2) is 0 Å². The molecule has 16 heavy (non-hydrogen) atoms. The first-order chi connectivity index (χ1) is 7.65. The zero-order valence-corrected chi connectivity index (χ0v) is 10.4. The molecule has 96 valence electrons. The van der Waals surface area contributed by atoms with E-state index in [1.807, 2.05) is 13.8 Å². The molecule has 0 radical (unpaired) electrons. The van der Waals surface area contributed by atoms with Gasteiger partial charge in [0.05, 0.1) is 6.10 Å². The quantitative estimate of drug-likeness (QED) is 0.520. The molecule has 0 saturated carbocycles. The second kappa shape index (κ2) is 9.60. The van der Waals surface area contributed by atoms with Crippen LogP contribution in [0.1, 0.15) is 46.0 Å². The van der Waals surface area contributed by atoms with E-state index in [4.69, 9.17) is 5.11 Å². The van der Waals surface area contributed by atoms with E-state index in [2.05, 4.69) is 5.32 Å². The van der Waals surface area contributed by atoms with Gasteiger partial charge in [-0.15, -0.1) is 0 Å². The second-order valence-corrected chi connectivity index (χ2v) is 4.13. The van der Waals surface area contributed by atoms with Crippen molar-refractivity contribution in [1.82, 2.24) is 5.32 Å². The van der Waals surface area contributed by atoms with Gasteiger partial charge in [0.1, 0.15) is 0 Å². The van der Waals surface area contributed by atoms with Crippen molar-refractivity contribution in [2.45, 2.75) is 52.1 Å². The average Bonchev–Trinajstić information content (AvgIpc) is 2.28. The summed E-state index contributed by atoms with van der Waals surface area (Å²) in [7, 11) is 0. The summed E-state index contributed by atoms with van der Waals surface area (Å²) in [5, 5.41) is 21.1. The Labute approximate surface area is 98.1 Å². The highest BCUT2D eigenvalue weighted by Crippen LogP contribution is 2.12. The molecule has 0 aliphatic carbocycles. The van der Waals surface area contributed by atoms with Gasteiger partial charge in [-0.05, 0) is 18.8 Å². The van der Waals surface area contributed by atoms with Crippen molar-refractivity contribution in [3.8, 4) is 0 Å². The topological polar surface area (TPSA) is 69.6 Å². The zero-order chi connectivity index (χ0) is 12.4. The third kappa shape index (κ3) is 6.80. The molecule has 0 rings (SSSR count). The van der Waals surface area contributed by atoms with Crippen molar-refractivity contribution >= 4 is 5.91 Å². The SMILES string of the molecule is CCC(CC)C(O)CNC(=O)CCCCO. The van der Waals surface area contributed by atoms with Gasteiger partial charge in [0.15, 0.2) is 0 Å². The first-order valence-electron chi connectivity index (χ1n) is 6.21. The number of aliphatic hydroxyl groups excluding tert-OH is 2. The van der Waals surface area contributed by atoms with E-state index in [-0.39, 0.29) is 18.4 Å². The van der Waals surface area contributed by atoms with Crippen molar-refractivity contribution in [2.24, 2.45) is 5.92 Å². The molecule has 0 aromatic carbocycles. The number of carbonyl (C=O) groups is 1. The highest BCUT2D eigenvalue weighted by molar-refractivity contribution is 5.75. The standard InChI is InChI=1S/C12H25NO3/c1-3-10(4-2)11(15)9-13-12(16)7-5-6-8-14/h10-11,14-15H,3-9H2,1-2H3,(H,13,16). The number of nitrogens with one attached hydrogen (secondary N) is 1. The first-order valence-corrected chi connectivity index (χ1v) is 6.21. The molecule has 3 N–H and O–H groups in total. The van der Waals surface area contributed by atoms with E-state index in [1.54, 1.807) is 0 Å². The molecule has 4 nitrogen and oxygen atoms in total. The summed E-state index contributed by atoms with van der Waals surface area (Å²) < 4.78 is 0. The molecule has 1 atom stereocenters. The van der Waals surface area contributed by atoms with Crippen LogP contribution in [0.2, 0.25) is 0 Å². The molecule has 0 bridgehead atoms. The molecule has 1 amide bonds. The molecular weight excluding hydrogens is 206 g/mol. The Morgan fingerprint density at radius 2 is 1.88 bits per heavy atom. The Kier molecular flexibility index (Phi) is 9.24. The van der Waals surface area contributed by atoms with Crippen LogP contribution in [0, 0.1) is 5.92 Å². The Hall–Kier alpha value is -0.610. The van der Waals surface area contributed by atoms with E-state index in [0.717, 1.165) is 12.8 Å². The lowest BCUT2D eigenvalue weighted by Crippen LogP contribution is -2.35. The summed E-state index contributed by atoms with van der Waals surface area (Å²) in [6.07, 6.45) is 3.19. The van der Waals surface area contributed by atoms with Crippen LogP contribution in [0.4, 0.5) is 0 Å². The van der Waals surface area contributed by atoms with Crippen molar-refractivity contribution in [3.63, 3.8) is 0 Å². The van der Waals surface area contributed by atoms with Crippen LogP contribution in [0.15, 0.2) is 0 Å². The molecule has 1 unspecified atom stereocenters. The summed E-state index contributed by atoms with van der Waals surface area (Å²) >= 11 is 0. The fraction of sp³-hybridized carbons (Fsp3) is 0.917. The van der Waals surface area contributed by atoms with Crippen LogP contribution in [-0.4, -0.2) is 35.4 Å². The molecule has 0 heterocycles. The minimum absolute atomic E-state index is 0.0431. The third-order valence-electron chi connectivity index (χ3n) is 2.91. The van der Waals surface area contributed by atoms with E-state index < -0.39 is 6.10 Å². The maximum atomic E-state index is 11.3. The van der Waals surface area contributed by atoms with Gasteiger partial charge >= 0.3 is 0 Å². The van der Waals surface area contributed by atoms with Gasteiger partial charge in [0.2, 0.25) is 5.91 Å². The molecule has 4 heteroatoms. The lowest BCUT2D eigenvalue weighted by molar-refractivity contribution is -0.121. The van der Waals surface area contributed by atoms with Crippen LogP contribution >= 0.6 is 0 Å². The normalized spacial score (nSPS) is 12.8. The lowest BCUT2D eigenvalue weighted by atomic mass is 9.96. The Morgan fingerprint density at radius 3 is 2.38 bits per heavy atom. The van der Waals surface area contributed by atoms with Gasteiger partial charge in [-0.1, -0.05) is 26.7 Å². The minimum atomic E-state index is -0.447. The highest BCUT2D eigenvalue weighted by Gasteiger charge is 2.15. The molecule has 0 aromatic heterocycles. The highest BCUT2D eigenvalue weighted by atomic mass is 16.3. The van der Waals surface area contributed by atoms with Crippen LogP contribution in [0.25, 0.3) is 0 Å². The monoisotopic (exact) mass is 231 g/mol. The van der Waals surface area contributed by atoms with Crippen molar-refractivity contribution < 1.29 is 15.0 Å². The molecule has 0 aromatic rings. The molecule has 0 fully saturated rings. The van der Waals surface area contributed by atoms with Crippen LogP contribution in [0.3, 0.4) is 0 Å². The van der Waals surface area contributed by atoms with Gasteiger partial charge < -0.3 is 15.5 Å². The van der Waals surface area contributed by atoms with E-state index in [1.165, 1.54) is 0 Å². The molecule has 0 aliphatic heterocycles. The zero-order valence-electron chi connectivity index (χ0n) is 10.4. The Balaban J connectivity index is 3.65. The van der Waals surface area contributed by atoms with Gasteiger partial charge in [0, 0.05) is 19.6 Å². The maximum absolute atomic E-state index is 11.3. The van der Waals surface area contributed by atoms with Crippen LogP contribution in [0.5, 0.6) is 0 Å². The fourth-order valence-electron chi connectivity index (χ4n) is 1.70. The number of carbonyl (C=O) groups excluding carboxylic acids is 1. The second-order valence-electron chi connectivity index (χ2n) is 4.13. The largest absolute Gasteiger partial charge is 0.396 e. The number of unbranched alkanes of at least 4 members (excludes halogenated alkanes) is 1. The molecular formula is C12H25NO3. The summed E-state index contributed by atoms with van der Waals surface area (Å²) in [4.78, 5) is 11.3. The predicted octanol–water partition coefficient (Wildman–Crippen LogP) is 1.06. The first kappa shape index (κ1) is 15.4. The lowest BCUT2D eigenvalue weighted by Gasteiger charge is -2.20. The summed E-state index contributed by atoms with van der Waals surface area (Å²) in [5.74, 6) is 0.219. The van der Waals surface area contributed by atoms with Crippen LogP contribution < -0.4 is 5.32 Å². The van der Waals surface area contributed by atoms with E-state index in [9.17, 15) is 9.90 Å². The summed E-state index contributed by atoms with van der Waals surface area (Å²) in [5.41, 5.74) is 0. The van der Waals surface area contributed by atoms with Crippen LogP contribution in [-0.2, 0) is 4.79 Å². The number of hydrogen-bond donors (Lipinski definition) is 3. The average molecular weight is 231 g/mol. The summed E-state index contributed by atoms with van der Waals surface area (Å²) in [6, 6.07) is 0. The number of hydrogen-bond acceptors (Lipinski definition) is 3. The number of aliphatic hydroxyl groups is 2. The van der Waals surface area contributed by atoms with Gasteiger partial charge in [0.25, 0.3) is 0 Å². The molecule has 0 saturated heterocycles. The molecule has 0 spiro atoms. The Bertz CT molecular complexity index is 181. The maximum Gasteiger partial charge on any atom is 0.220 e. The van der Waals surface area contributed by atoms with E-state index in [0.29, 0.717) is 25.8 Å². The van der Waals surface area contributed by atoms with Gasteiger partial charge in [-0.2, -0.15) is 0 Å². The minimum Gasteiger partial charge on any atom is -0.396 e. The van der Waals surface area contributed by atoms with Crippen molar-refractivity contribution in [2.75, 3.05) is 13.2 Å². The Morgan fingerprint density at radius 1 is 1.25 bits per heavy atom. The third-order valence-corrected chi connectivity index (χ3v) is 2.91. The molecule has 0 aliphatic rings. The predicted molar refractivity (Wildman–Crippen MR) is 64.0 cm³/mol. The van der Waals surface area contributed by atoms with Crippen molar-refractivity contribution in [3.05, 3.63) is 0 Å². The van der Waals surface area contributed by atoms with Crippen molar-refractivity contribution in [1.29, 1.82) is 0 Å². The smallest absolute Gasteiger partial charge is 0.220 e. The number of amides is 1. The number of rotatable bonds is 9. The van der Waals surface area contributed by atoms with Gasteiger partial charge in [-0.3, -0.25) is 4.79 Å². The fourth-order valence-corrected chi connectivity index (χ4v) is 1.70. The summed E-state index contributed by atoms with van der Waals surface area (Å²) in [6.45, 7) is 4.55. The van der Waals surface area contributed by atoms with E-state index >= 15 is 0 Å².